The fourth-order valence-electron chi connectivity index (χ4n) is 2.55. The lowest BCUT2D eigenvalue weighted by atomic mass is 10.1. The summed E-state index contributed by atoms with van der Waals surface area (Å²) in [5.74, 6) is 2.37. The summed E-state index contributed by atoms with van der Waals surface area (Å²) < 4.78 is 0. The van der Waals surface area contributed by atoms with Gasteiger partial charge in [0.2, 0.25) is 0 Å². The molecule has 1 aromatic carbocycles. The molecule has 1 aliphatic heterocycles. The number of benzene rings is 1. The van der Waals surface area contributed by atoms with Crippen LogP contribution in [0.25, 0.3) is 0 Å². The number of carbonyl (C=O) groups is 1. The predicted molar refractivity (Wildman–Crippen MR) is 101 cm³/mol. The van der Waals surface area contributed by atoms with Crippen molar-refractivity contribution in [1.82, 2.24) is 5.32 Å². The Morgan fingerprint density at radius 3 is 2.78 bits per heavy atom. The first kappa shape index (κ1) is 16.2. The predicted octanol–water partition coefficient (Wildman–Crippen LogP) is 3.93. The zero-order chi connectivity index (χ0) is 16.1. The van der Waals surface area contributed by atoms with Crippen molar-refractivity contribution >= 4 is 40.5 Å². The minimum Gasteiger partial charge on any atom is -0.370 e. The number of thiophene rings is 1. The van der Waals surface area contributed by atoms with Crippen LogP contribution in [0.1, 0.15) is 10.4 Å². The Morgan fingerprint density at radius 2 is 2.09 bits per heavy atom. The fraction of sp³-hybridized carbons (Fsp3) is 0.353. The van der Waals surface area contributed by atoms with Crippen LogP contribution in [-0.2, 0) is 6.54 Å². The Balaban J connectivity index is 1.58. The summed E-state index contributed by atoms with van der Waals surface area (Å²) in [5.41, 5.74) is 3.20. The van der Waals surface area contributed by atoms with Crippen molar-refractivity contribution in [1.29, 1.82) is 0 Å². The maximum atomic E-state index is 12.0. The van der Waals surface area contributed by atoms with Gasteiger partial charge < -0.3 is 15.5 Å². The molecular formula is C17H21N3OS2. The van der Waals surface area contributed by atoms with E-state index in [0.29, 0.717) is 6.54 Å². The molecule has 1 saturated heterocycles. The SMILES string of the molecule is Cc1cc(N2CCSCC2)ccc1NC(=O)NCc1cccs1. The summed E-state index contributed by atoms with van der Waals surface area (Å²) in [6, 6.07) is 10.1. The van der Waals surface area contributed by atoms with Crippen LogP contribution in [0.4, 0.5) is 16.2 Å². The van der Waals surface area contributed by atoms with Crippen LogP contribution >= 0.6 is 23.1 Å². The molecule has 2 aromatic rings. The Kier molecular flexibility index (Phi) is 5.46. The molecule has 4 nitrogen and oxygen atoms in total. The highest BCUT2D eigenvalue weighted by molar-refractivity contribution is 7.99. The third-order valence-corrected chi connectivity index (χ3v) is 5.66. The second-order valence-electron chi connectivity index (χ2n) is 5.49. The molecule has 3 rings (SSSR count). The standard InChI is InChI=1S/C17H21N3OS2/c1-13-11-14(20-6-9-22-10-7-20)4-5-16(13)19-17(21)18-12-15-3-2-8-23-15/h2-5,8,11H,6-7,9-10,12H2,1H3,(H2,18,19,21). The highest BCUT2D eigenvalue weighted by atomic mass is 32.2. The number of carbonyl (C=O) groups excluding carboxylic acids is 1. The molecule has 2 N–H and O–H groups in total. The Labute approximate surface area is 145 Å². The number of aryl methyl sites for hydroxylation is 1. The minimum atomic E-state index is -0.163. The molecule has 2 heterocycles. The van der Waals surface area contributed by atoms with Gasteiger partial charge in [-0.3, -0.25) is 0 Å². The van der Waals surface area contributed by atoms with Crippen LogP contribution in [0.15, 0.2) is 35.7 Å². The lowest BCUT2D eigenvalue weighted by Crippen LogP contribution is -2.32. The van der Waals surface area contributed by atoms with Crippen molar-refractivity contribution in [3.8, 4) is 0 Å². The maximum Gasteiger partial charge on any atom is 0.319 e. The highest BCUT2D eigenvalue weighted by Crippen LogP contribution is 2.25. The Bertz CT molecular complexity index is 652. The van der Waals surface area contributed by atoms with Crippen molar-refractivity contribution in [2.45, 2.75) is 13.5 Å². The largest absolute Gasteiger partial charge is 0.370 e. The molecule has 0 unspecified atom stereocenters. The molecule has 0 spiro atoms. The minimum absolute atomic E-state index is 0.163. The van der Waals surface area contributed by atoms with Crippen molar-refractivity contribution < 1.29 is 4.79 Å². The van der Waals surface area contributed by atoms with E-state index >= 15 is 0 Å². The molecule has 0 bridgehead atoms. The molecule has 1 aliphatic rings. The zero-order valence-corrected chi connectivity index (χ0v) is 14.8. The van der Waals surface area contributed by atoms with E-state index in [1.807, 2.05) is 42.3 Å². The maximum absolute atomic E-state index is 12.0. The molecule has 0 aliphatic carbocycles. The summed E-state index contributed by atoms with van der Waals surface area (Å²) in [4.78, 5) is 15.6. The van der Waals surface area contributed by atoms with E-state index in [2.05, 4.69) is 27.7 Å². The van der Waals surface area contributed by atoms with Gasteiger partial charge in [-0.2, -0.15) is 11.8 Å². The molecule has 1 fully saturated rings. The molecule has 6 heteroatoms. The molecule has 0 radical (unpaired) electrons. The third-order valence-electron chi connectivity index (χ3n) is 3.84. The van der Waals surface area contributed by atoms with Crippen LogP contribution in [0.3, 0.4) is 0 Å². The van der Waals surface area contributed by atoms with Crippen molar-refractivity contribution in [3.63, 3.8) is 0 Å². The van der Waals surface area contributed by atoms with Crippen LogP contribution in [0, 0.1) is 6.92 Å². The zero-order valence-electron chi connectivity index (χ0n) is 13.2. The van der Waals surface area contributed by atoms with E-state index < -0.39 is 0 Å². The van der Waals surface area contributed by atoms with Gasteiger partial charge >= 0.3 is 6.03 Å². The lowest BCUT2D eigenvalue weighted by molar-refractivity contribution is 0.252. The van der Waals surface area contributed by atoms with Gasteiger partial charge in [-0.25, -0.2) is 4.79 Å². The second-order valence-corrected chi connectivity index (χ2v) is 7.74. The molecular weight excluding hydrogens is 326 g/mol. The molecule has 1 aromatic heterocycles. The van der Waals surface area contributed by atoms with Gasteiger partial charge in [-0.15, -0.1) is 11.3 Å². The van der Waals surface area contributed by atoms with E-state index in [-0.39, 0.29) is 6.03 Å². The highest BCUT2D eigenvalue weighted by Gasteiger charge is 2.12. The molecule has 0 atom stereocenters. The number of thioether (sulfide) groups is 1. The van der Waals surface area contributed by atoms with Crippen LogP contribution < -0.4 is 15.5 Å². The quantitative estimate of drug-likeness (QED) is 0.881. The number of anilines is 2. The number of hydrogen-bond donors (Lipinski definition) is 2. The molecule has 122 valence electrons. The van der Waals surface area contributed by atoms with Crippen LogP contribution in [0.2, 0.25) is 0 Å². The number of rotatable bonds is 4. The first-order valence-corrected chi connectivity index (χ1v) is 9.76. The van der Waals surface area contributed by atoms with Gasteiger partial charge in [-0.1, -0.05) is 6.07 Å². The lowest BCUT2D eigenvalue weighted by Gasteiger charge is -2.29. The topological polar surface area (TPSA) is 44.4 Å². The van der Waals surface area contributed by atoms with Crippen LogP contribution in [0.5, 0.6) is 0 Å². The first-order valence-electron chi connectivity index (χ1n) is 7.73. The Hall–Kier alpha value is -1.66. The molecule has 2 amide bonds. The summed E-state index contributed by atoms with van der Waals surface area (Å²) in [6.45, 7) is 4.79. The average Bonchev–Trinajstić information content (AvgIpc) is 3.09. The van der Waals surface area contributed by atoms with Crippen molar-refractivity contribution in [3.05, 3.63) is 46.2 Å². The average molecular weight is 348 g/mol. The van der Waals surface area contributed by atoms with Gasteiger partial charge in [0.15, 0.2) is 0 Å². The monoisotopic (exact) mass is 347 g/mol. The summed E-state index contributed by atoms with van der Waals surface area (Å²) in [5, 5.41) is 7.83. The summed E-state index contributed by atoms with van der Waals surface area (Å²) >= 11 is 3.65. The van der Waals surface area contributed by atoms with Crippen molar-refractivity contribution in [2.75, 3.05) is 34.8 Å². The van der Waals surface area contributed by atoms with Gasteiger partial charge in [0.05, 0.1) is 6.54 Å². The van der Waals surface area contributed by atoms with Gasteiger partial charge in [0, 0.05) is 40.8 Å². The molecule has 23 heavy (non-hydrogen) atoms. The number of urea groups is 1. The van der Waals surface area contributed by atoms with E-state index in [1.165, 1.54) is 17.2 Å². The summed E-state index contributed by atoms with van der Waals surface area (Å²) in [6.07, 6.45) is 0. The normalized spacial score (nSPS) is 14.6. The van der Waals surface area contributed by atoms with E-state index in [1.54, 1.807) is 11.3 Å². The number of hydrogen-bond acceptors (Lipinski definition) is 4. The number of nitrogens with one attached hydrogen (secondary N) is 2. The third kappa shape index (κ3) is 4.42. The van der Waals surface area contributed by atoms with E-state index in [0.717, 1.165) is 29.2 Å². The van der Waals surface area contributed by atoms with E-state index in [4.69, 9.17) is 0 Å². The van der Waals surface area contributed by atoms with Crippen LogP contribution in [-0.4, -0.2) is 30.6 Å². The number of nitrogens with zero attached hydrogens (tertiary/aromatic N) is 1. The fourth-order valence-corrected chi connectivity index (χ4v) is 4.10. The van der Waals surface area contributed by atoms with Gasteiger partial charge in [0.25, 0.3) is 0 Å². The molecule has 0 saturated carbocycles. The van der Waals surface area contributed by atoms with E-state index in [9.17, 15) is 4.79 Å². The van der Waals surface area contributed by atoms with Gasteiger partial charge in [-0.05, 0) is 42.1 Å². The first-order chi connectivity index (χ1) is 11.2. The van der Waals surface area contributed by atoms with Gasteiger partial charge in [0.1, 0.15) is 0 Å². The number of amides is 2. The Morgan fingerprint density at radius 1 is 1.26 bits per heavy atom. The summed E-state index contributed by atoms with van der Waals surface area (Å²) in [7, 11) is 0. The van der Waals surface area contributed by atoms with Crippen molar-refractivity contribution in [2.24, 2.45) is 0 Å². The smallest absolute Gasteiger partial charge is 0.319 e. The second kappa shape index (κ2) is 7.75.